The summed E-state index contributed by atoms with van der Waals surface area (Å²) in [4.78, 5) is -0.255. The first-order valence-electron chi connectivity index (χ1n) is 7.64. The van der Waals surface area contributed by atoms with E-state index >= 15 is 0 Å². The lowest BCUT2D eigenvalue weighted by Crippen LogP contribution is -2.42. The third-order valence-electron chi connectivity index (χ3n) is 4.34. The maximum atomic E-state index is 13.6. The summed E-state index contributed by atoms with van der Waals surface area (Å²) in [6, 6.07) is 3.46. The van der Waals surface area contributed by atoms with E-state index in [-0.39, 0.29) is 21.8 Å². The van der Waals surface area contributed by atoms with Crippen LogP contribution < -0.4 is 10.5 Å². The van der Waals surface area contributed by atoms with E-state index in [1.165, 1.54) is 12.1 Å². The van der Waals surface area contributed by atoms with Gasteiger partial charge in [0.2, 0.25) is 10.0 Å². The monoisotopic (exact) mass is 344 g/mol. The van der Waals surface area contributed by atoms with Crippen molar-refractivity contribution in [3.05, 3.63) is 24.0 Å². The third kappa shape index (κ3) is 4.89. The minimum Gasteiger partial charge on any atom is -0.393 e. The van der Waals surface area contributed by atoms with E-state index in [4.69, 9.17) is 5.14 Å². The van der Waals surface area contributed by atoms with E-state index in [0.717, 1.165) is 18.9 Å². The number of primary sulfonamides is 1. The minimum atomic E-state index is -3.95. The number of rotatable bonds is 4. The summed E-state index contributed by atoms with van der Waals surface area (Å²) in [5.41, 5.74) is 0.241. The average molecular weight is 344 g/mol. The largest absolute Gasteiger partial charge is 0.393 e. The van der Waals surface area contributed by atoms with Gasteiger partial charge >= 0.3 is 0 Å². The zero-order valence-corrected chi connectivity index (χ0v) is 14.6. The Hall–Kier alpha value is -1.18. The molecule has 1 aromatic rings. The van der Waals surface area contributed by atoms with Gasteiger partial charge in [-0.15, -0.1) is 0 Å². The summed E-state index contributed by atoms with van der Waals surface area (Å²) >= 11 is 0. The summed E-state index contributed by atoms with van der Waals surface area (Å²) in [5, 5.41) is 18.2. The molecule has 0 heterocycles. The van der Waals surface area contributed by atoms with E-state index in [1.54, 1.807) is 0 Å². The van der Waals surface area contributed by atoms with Crippen LogP contribution in [0.15, 0.2) is 23.1 Å². The lowest BCUT2D eigenvalue weighted by Gasteiger charge is -2.45. The Bertz CT molecular complexity index is 691. The van der Waals surface area contributed by atoms with Crippen molar-refractivity contribution in [3.63, 3.8) is 0 Å². The van der Waals surface area contributed by atoms with Gasteiger partial charge in [0.05, 0.1) is 11.0 Å². The number of anilines is 1. The molecule has 1 aliphatic rings. The molecule has 4 N–H and O–H groups in total. The normalized spacial score (nSPS) is 27.7. The number of hydrogen-bond donors (Lipinski definition) is 3. The van der Waals surface area contributed by atoms with Crippen LogP contribution in [0.5, 0.6) is 0 Å². The van der Waals surface area contributed by atoms with Crippen LogP contribution in [0, 0.1) is 16.6 Å². The molecule has 1 fully saturated rings. The van der Waals surface area contributed by atoms with Gasteiger partial charge in [-0.2, -0.15) is 0 Å². The van der Waals surface area contributed by atoms with Crippen LogP contribution in [-0.2, 0) is 10.0 Å². The molecule has 0 bridgehead atoms. The lowest BCUT2D eigenvalue weighted by molar-refractivity contribution is -0.00318. The molecule has 2 atom stereocenters. The van der Waals surface area contributed by atoms with Gasteiger partial charge < -0.3 is 10.4 Å². The van der Waals surface area contributed by atoms with Gasteiger partial charge in [-0.05, 0) is 48.3 Å². The Labute approximate surface area is 137 Å². The van der Waals surface area contributed by atoms with Crippen molar-refractivity contribution in [2.24, 2.45) is 16.0 Å². The molecular formula is C16H25FN2O3S. The maximum absolute atomic E-state index is 13.6. The number of nitrogens with two attached hydrogens (primary N) is 1. The molecule has 23 heavy (non-hydrogen) atoms. The topological polar surface area (TPSA) is 92.4 Å². The molecule has 1 saturated carbocycles. The van der Waals surface area contributed by atoms with Crippen LogP contribution in [0.1, 0.15) is 40.0 Å². The molecular weight excluding hydrogens is 319 g/mol. The number of sulfonamides is 1. The van der Waals surface area contributed by atoms with Crippen LogP contribution >= 0.6 is 0 Å². The molecule has 1 aliphatic carbocycles. The summed E-state index contributed by atoms with van der Waals surface area (Å²) in [6.07, 6.45) is 1.97. The van der Waals surface area contributed by atoms with Gasteiger partial charge in [-0.1, -0.05) is 20.8 Å². The molecule has 2 rings (SSSR count). The molecule has 0 aromatic heterocycles. The Kier molecular flexibility index (Phi) is 4.76. The van der Waals surface area contributed by atoms with E-state index in [0.29, 0.717) is 18.7 Å². The fourth-order valence-corrected chi connectivity index (χ4v) is 4.43. The summed E-state index contributed by atoms with van der Waals surface area (Å²) < 4.78 is 36.4. The fourth-order valence-electron chi connectivity index (χ4n) is 3.86. The highest BCUT2D eigenvalue weighted by molar-refractivity contribution is 7.89. The maximum Gasteiger partial charge on any atom is 0.238 e. The fraction of sp³-hybridized carbons (Fsp3) is 0.625. The number of halogens is 1. The van der Waals surface area contributed by atoms with Crippen LogP contribution in [0.2, 0.25) is 0 Å². The van der Waals surface area contributed by atoms with Gasteiger partial charge in [0, 0.05) is 12.2 Å². The van der Waals surface area contributed by atoms with Crippen molar-refractivity contribution < 1.29 is 17.9 Å². The van der Waals surface area contributed by atoms with Gasteiger partial charge in [-0.25, -0.2) is 17.9 Å². The molecule has 0 spiro atoms. The molecule has 130 valence electrons. The molecule has 0 radical (unpaired) electrons. The van der Waals surface area contributed by atoms with Crippen molar-refractivity contribution in [2.45, 2.75) is 51.0 Å². The van der Waals surface area contributed by atoms with E-state index < -0.39 is 15.8 Å². The SMILES string of the molecule is CC1(C)CC(O)CC(C)(CNc2cc(F)cc(S(N)(=O)=O)c2)C1. The summed E-state index contributed by atoms with van der Waals surface area (Å²) in [5.74, 6) is -0.659. The van der Waals surface area contributed by atoms with E-state index in [9.17, 15) is 17.9 Å². The minimum absolute atomic E-state index is 0.0296. The number of aliphatic hydroxyl groups excluding tert-OH is 1. The highest BCUT2D eigenvalue weighted by atomic mass is 32.2. The van der Waals surface area contributed by atoms with Crippen molar-refractivity contribution >= 4 is 15.7 Å². The van der Waals surface area contributed by atoms with Gasteiger partial charge in [0.1, 0.15) is 5.82 Å². The average Bonchev–Trinajstić information content (AvgIpc) is 2.31. The van der Waals surface area contributed by atoms with E-state index in [1.807, 2.05) is 0 Å². The first-order valence-corrected chi connectivity index (χ1v) is 9.19. The quantitative estimate of drug-likeness (QED) is 0.782. The Balaban J connectivity index is 2.16. The molecule has 0 amide bonds. The molecule has 7 heteroatoms. The second kappa shape index (κ2) is 6.03. The summed E-state index contributed by atoms with van der Waals surface area (Å²) in [6.45, 7) is 6.83. The van der Waals surface area contributed by atoms with Crippen molar-refractivity contribution in [1.82, 2.24) is 0 Å². The van der Waals surface area contributed by atoms with Gasteiger partial charge in [-0.3, -0.25) is 0 Å². The summed E-state index contributed by atoms with van der Waals surface area (Å²) in [7, 11) is -3.95. The predicted molar refractivity (Wildman–Crippen MR) is 88.0 cm³/mol. The number of benzene rings is 1. The predicted octanol–water partition coefficient (Wildman–Crippen LogP) is 2.46. The first-order chi connectivity index (χ1) is 10.4. The molecule has 5 nitrogen and oxygen atoms in total. The molecule has 2 unspecified atom stereocenters. The Morgan fingerprint density at radius 2 is 1.96 bits per heavy atom. The number of nitrogens with one attached hydrogen (secondary N) is 1. The zero-order valence-electron chi connectivity index (χ0n) is 13.8. The second-order valence-corrected chi connectivity index (χ2v) is 9.35. The highest BCUT2D eigenvalue weighted by Crippen LogP contribution is 2.46. The lowest BCUT2D eigenvalue weighted by atomic mass is 9.63. The smallest absolute Gasteiger partial charge is 0.238 e. The molecule has 1 aromatic carbocycles. The van der Waals surface area contributed by atoms with Crippen LogP contribution in [0.3, 0.4) is 0 Å². The standard InChI is InChI=1S/C16H25FN2O3S/c1-15(2)7-13(20)8-16(3,9-15)10-19-12-4-11(17)5-14(6-12)23(18,21)22/h4-6,13,19-20H,7-10H2,1-3H3,(H2,18,21,22). The Morgan fingerprint density at radius 1 is 1.30 bits per heavy atom. The van der Waals surface area contributed by atoms with Gasteiger partial charge in [0.15, 0.2) is 0 Å². The van der Waals surface area contributed by atoms with E-state index in [2.05, 4.69) is 26.1 Å². The number of hydrogen-bond acceptors (Lipinski definition) is 4. The Morgan fingerprint density at radius 3 is 2.52 bits per heavy atom. The van der Waals surface area contributed by atoms with Crippen molar-refractivity contribution in [3.8, 4) is 0 Å². The second-order valence-electron chi connectivity index (χ2n) is 7.79. The third-order valence-corrected chi connectivity index (χ3v) is 5.23. The van der Waals surface area contributed by atoms with Crippen molar-refractivity contribution in [1.29, 1.82) is 0 Å². The first kappa shape index (κ1) is 18.2. The van der Waals surface area contributed by atoms with Crippen LogP contribution in [0.4, 0.5) is 10.1 Å². The molecule has 0 aliphatic heterocycles. The van der Waals surface area contributed by atoms with Crippen molar-refractivity contribution in [2.75, 3.05) is 11.9 Å². The van der Waals surface area contributed by atoms with Crippen LogP contribution in [0.25, 0.3) is 0 Å². The zero-order chi connectivity index (χ0) is 17.5. The molecule has 0 saturated heterocycles. The number of aliphatic hydroxyl groups is 1. The van der Waals surface area contributed by atoms with Gasteiger partial charge in [0.25, 0.3) is 0 Å². The highest BCUT2D eigenvalue weighted by Gasteiger charge is 2.40. The van der Waals surface area contributed by atoms with Crippen LogP contribution in [-0.4, -0.2) is 26.2 Å².